The Morgan fingerprint density at radius 2 is 1.19 bits per heavy atom. The minimum atomic E-state index is 0.0292. The number of hydrogen-bond donors (Lipinski definition) is 1. The first kappa shape index (κ1) is 30.7. The molecule has 0 spiro atoms. The van der Waals surface area contributed by atoms with E-state index >= 15 is 0 Å². The van der Waals surface area contributed by atoms with E-state index in [1.165, 1.54) is 25.7 Å². The minimum Gasteiger partial charge on any atom is -0.456 e. The van der Waals surface area contributed by atoms with Crippen molar-refractivity contribution in [3.63, 3.8) is 0 Å². The van der Waals surface area contributed by atoms with E-state index < -0.39 is 0 Å². The van der Waals surface area contributed by atoms with Gasteiger partial charge in [-0.2, -0.15) is 0 Å². The SMILES string of the molecule is C1=CC2=c3oc4ccc(-c5nc(-c6ccccc6)nc(-c6ccc(-c7cccc8c7sc7ccccc78)cc6)n5)cc4c3=C(c3ccccc3)NC2C=C1. The summed E-state index contributed by atoms with van der Waals surface area (Å²) in [6.07, 6.45) is 8.46. The van der Waals surface area contributed by atoms with Gasteiger partial charge in [-0.1, -0.05) is 146 Å². The molecule has 0 radical (unpaired) electrons. The fourth-order valence-corrected chi connectivity index (χ4v) is 9.00. The van der Waals surface area contributed by atoms with Crippen LogP contribution in [0.25, 0.3) is 87.7 Å². The summed E-state index contributed by atoms with van der Waals surface area (Å²) < 4.78 is 9.24. The number of thiophene rings is 1. The number of fused-ring (bicyclic) bond motifs is 7. The maximum Gasteiger partial charge on any atom is 0.164 e. The lowest BCUT2D eigenvalue weighted by molar-refractivity contribution is 0.564. The minimum absolute atomic E-state index is 0.0292. The van der Waals surface area contributed by atoms with Gasteiger partial charge >= 0.3 is 0 Å². The van der Waals surface area contributed by atoms with Crippen molar-refractivity contribution in [3.05, 3.63) is 186 Å². The second kappa shape index (κ2) is 12.4. The third-order valence-electron chi connectivity index (χ3n) is 10.4. The number of rotatable bonds is 5. The number of nitrogens with one attached hydrogen (secondary N) is 1. The fraction of sp³-hybridized carbons (Fsp3) is 0.0208. The lowest BCUT2D eigenvalue weighted by atomic mass is 9.95. The zero-order valence-electron chi connectivity index (χ0n) is 28.9. The molecule has 0 saturated heterocycles. The van der Waals surface area contributed by atoms with E-state index in [1.807, 2.05) is 59.9 Å². The van der Waals surface area contributed by atoms with Gasteiger partial charge in [-0.05, 0) is 41.0 Å². The predicted octanol–water partition coefficient (Wildman–Crippen LogP) is 10.1. The van der Waals surface area contributed by atoms with E-state index in [-0.39, 0.29) is 6.04 Å². The zero-order chi connectivity index (χ0) is 35.6. The summed E-state index contributed by atoms with van der Waals surface area (Å²) in [6, 6.07) is 50.7. The molecular weight excluding hydrogens is 681 g/mol. The number of benzene rings is 6. The first-order valence-electron chi connectivity index (χ1n) is 18.1. The molecule has 1 unspecified atom stereocenters. The quantitative estimate of drug-likeness (QED) is 0.193. The maximum atomic E-state index is 6.64. The molecule has 0 amide bonds. The molecule has 54 heavy (non-hydrogen) atoms. The Morgan fingerprint density at radius 1 is 0.537 bits per heavy atom. The van der Waals surface area contributed by atoms with Crippen LogP contribution in [0.15, 0.2) is 174 Å². The predicted molar refractivity (Wildman–Crippen MR) is 221 cm³/mol. The van der Waals surface area contributed by atoms with Crippen molar-refractivity contribution >= 4 is 53.7 Å². The fourth-order valence-electron chi connectivity index (χ4n) is 7.76. The van der Waals surface area contributed by atoms with Crippen molar-refractivity contribution < 1.29 is 4.42 Å². The standard InChI is InChI=1S/C48H30N4OS/c1-3-12-30(13-4-1)43-42-38-28-33(26-27-40(38)53-44(42)37-17-7-9-20-39(37)49-43)48-51-46(31-14-5-2-6-15-31)50-47(52-48)32-24-22-29(23-25-32)34-18-11-19-36-35-16-8-10-21-41(35)54-45(34)36/h1-28,39,49H. The molecule has 11 rings (SSSR count). The van der Waals surface area contributed by atoms with Crippen molar-refractivity contribution in [2.24, 2.45) is 0 Å². The summed E-state index contributed by atoms with van der Waals surface area (Å²) in [4.78, 5) is 15.2. The van der Waals surface area contributed by atoms with E-state index in [0.29, 0.717) is 17.5 Å². The molecule has 6 heteroatoms. The van der Waals surface area contributed by atoms with Gasteiger partial charge in [-0.3, -0.25) is 0 Å². The Labute approximate surface area is 314 Å². The van der Waals surface area contributed by atoms with Gasteiger partial charge in [0.1, 0.15) is 11.0 Å². The van der Waals surface area contributed by atoms with Gasteiger partial charge in [-0.15, -0.1) is 11.3 Å². The van der Waals surface area contributed by atoms with Gasteiger partial charge in [0, 0.05) is 47.8 Å². The summed E-state index contributed by atoms with van der Waals surface area (Å²) in [5, 5.41) is 8.44. The van der Waals surface area contributed by atoms with Crippen LogP contribution < -0.4 is 16.0 Å². The van der Waals surface area contributed by atoms with E-state index in [0.717, 1.165) is 60.7 Å². The van der Waals surface area contributed by atoms with Crippen molar-refractivity contribution in [2.75, 3.05) is 0 Å². The highest BCUT2D eigenvalue weighted by atomic mass is 32.1. The van der Waals surface area contributed by atoms with Crippen LogP contribution in [0.3, 0.4) is 0 Å². The number of aromatic nitrogens is 3. The highest BCUT2D eigenvalue weighted by molar-refractivity contribution is 7.26. The van der Waals surface area contributed by atoms with E-state index in [2.05, 4.69) is 127 Å². The Bertz CT molecular complexity index is 3120. The summed E-state index contributed by atoms with van der Waals surface area (Å²) >= 11 is 1.84. The van der Waals surface area contributed by atoms with E-state index in [9.17, 15) is 0 Å². The Morgan fingerprint density at radius 3 is 1.98 bits per heavy atom. The normalized spacial score (nSPS) is 14.8. The van der Waals surface area contributed by atoms with Crippen LogP contribution in [0.4, 0.5) is 0 Å². The van der Waals surface area contributed by atoms with Crippen molar-refractivity contribution in [1.82, 2.24) is 20.3 Å². The van der Waals surface area contributed by atoms with Gasteiger partial charge in [0.15, 0.2) is 17.5 Å². The molecule has 0 bridgehead atoms. The topological polar surface area (TPSA) is 63.8 Å². The van der Waals surface area contributed by atoms with E-state index in [4.69, 9.17) is 19.4 Å². The molecule has 254 valence electrons. The van der Waals surface area contributed by atoms with Crippen LogP contribution >= 0.6 is 11.3 Å². The number of nitrogens with zero attached hydrogens (tertiary/aromatic N) is 3. The maximum absolute atomic E-state index is 6.64. The molecule has 5 nitrogen and oxygen atoms in total. The Kier molecular flexibility index (Phi) is 7.03. The summed E-state index contributed by atoms with van der Waals surface area (Å²) in [5.74, 6) is 1.85. The van der Waals surface area contributed by atoms with Gasteiger partial charge in [0.25, 0.3) is 0 Å². The first-order chi connectivity index (χ1) is 26.7. The lowest BCUT2D eigenvalue weighted by Gasteiger charge is -2.24. The molecule has 1 N–H and O–H groups in total. The Hall–Kier alpha value is -6.89. The number of allylic oxidation sites excluding steroid dienone is 2. The van der Waals surface area contributed by atoms with E-state index in [1.54, 1.807) is 0 Å². The van der Waals surface area contributed by atoms with Crippen LogP contribution in [-0.2, 0) is 0 Å². The van der Waals surface area contributed by atoms with Crippen LogP contribution in [0.2, 0.25) is 0 Å². The average molecular weight is 711 g/mol. The van der Waals surface area contributed by atoms with Gasteiger partial charge < -0.3 is 9.73 Å². The highest BCUT2D eigenvalue weighted by Crippen LogP contribution is 2.40. The monoisotopic (exact) mass is 710 g/mol. The van der Waals surface area contributed by atoms with Crippen molar-refractivity contribution in [3.8, 4) is 45.3 Å². The largest absolute Gasteiger partial charge is 0.456 e. The molecule has 0 fully saturated rings. The second-order valence-corrected chi connectivity index (χ2v) is 14.7. The zero-order valence-corrected chi connectivity index (χ0v) is 29.7. The highest BCUT2D eigenvalue weighted by Gasteiger charge is 2.25. The van der Waals surface area contributed by atoms with Crippen LogP contribution in [0, 0.1) is 0 Å². The molecule has 3 aromatic heterocycles. The van der Waals surface area contributed by atoms with Crippen molar-refractivity contribution in [1.29, 1.82) is 0 Å². The summed E-state index contributed by atoms with van der Waals surface area (Å²) in [6.45, 7) is 0. The molecule has 6 aromatic carbocycles. The van der Waals surface area contributed by atoms with Crippen LogP contribution in [0.1, 0.15) is 5.56 Å². The van der Waals surface area contributed by atoms with Gasteiger partial charge in [-0.25, -0.2) is 15.0 Å². The molecular formula is C48H30N4OS. The molecule has 9 aromatic rings. The molecule has 2 aliphatic rings. The third-order valence-corrected chi connectivity index (χ3v) is 11.6. The molecule has 4 heterocycles. The second-order valence-electron chi connectivity index (χ2n) is 13.6. The molecule has 0 saturated carbocycles. The third kappa shape index (κ3) is 5.03. The molecule has 1 atom stereocenters. The number of hydrogen-bond acceptors (Lipinski definition) is 6. The smallest absolute Gasteiger partial charge is 0.164 e. The summed E-state index contributed by atoms with van der Waals surface area (Å²) in [5.41, 5.74) is 10.1. The lowest BCUT2D eigenvalue weighted by Crippen LogP contribution is -2.44. The first-order valence-corrected chi connectivity index (χ1v) is 18.9. The van der Waals surface area contributed by atoms with Crippen LogP contribution in [-0.4, -0.2) is 21.0 Å². The van der Waals surface area contributed by atoms with Gasteiger partial charge in [0.05, 0.1) is 17.0 Å². The number of furan rings is 1. The average Bonchev–Trinajstić information content (AvgIpc) is 3.83. The molecule has 1 aliphatic carbocycles. The van der Waals surface area contributed by atoms with Gasteiger partial charge in [0.2, 0.25) is 0 Å². The summed E-state index contributed by atoms with van der Waals surface area (Å²) in [7, 11) is 0. The van der Waals surface area contributed by atoms with Crippen molar-refractivity contribution in [2.45, 2.75) is 6.04 Å². The Balaban J connectivity index is 1.07. The van der Waals surface area contributed by atoms with Crippen LogP contribution in [0.5, 0.6) is 0 Å². The molecule has 1 aliphatic heterocycles.